The van der Waals surface area contributed by atoms with Gasteiger partial charge in [-0.25, -0.2) is 0 Å². The predicted octanol–water partition coefficient (Wildman–Crippen LogP) is 2.59. The standard InChI is InChI=1S/C13H22O3/c1-7-8(2)13(7)9(3)15-11(12(4,5)6)16-10(13)14/h7-9,11H,1-6H3/t7-,8?,9-,11-,13?/m1/s1. The van der Waals surface area contributed by atoms with Crippen molar-refractivity contribution in [3.05, 3.63) is 0 Å². The van der Waals surface area contributed by atoms with Gasteiger partial charge < -0.3 is 9.47 Å². The van der Waals surface area contributed by atoms with Crippen LogP contribution in [-0.4, -0.2) is 18.4 Å². The zero-order valence-corrected chi connectivity index (χ0v) is 11.0. The summed E-state index contributed by atoms with van der Waals surface area (Å²) in [5, 5.41) is 0. The minimum Gasteiger partial charge on any atom is -0.435 e. The van der Waals surface area contributed by atoms with E-state index < -0.39 is 6.29 Å². The molecule has 3 heteroatoms. The Morgan fingerprint density at radius 3 is 1.94 bits per heavy atom. The van der Waals surface area contributed by atoms with Crippen LogP contribution in [-0.2, 0) is 14.3 Å². The highest BCUT2D eigenvalue weighted by Crippen LogP contribution is 2.64. The zero-order valence-electron chi connectivity index (χ0n) is 11.0. The molecule has 5 atom stereocenters. The maximum Gasteiger partial charge on any atom is 0.317 e. The Morgan fingerprint density at radius 2 is 1.62 bits per heavy atom. The summed E-state index contributed by atoms with van der Waals surface area (Å²) >= 11 is 0. The third-order valence-electron chi connectivity index (χ3n) is 4.42. The highest BCUT2D eigenvalue weighted by atomic mass is 16.7. The normalized spacial score (nSPS) is 48.0. The Labute approximate surface area is 97.5 Å². The van der Waals surface area contributed by atoms with Gasteiger partial charge >= 0.3 is 5.97 Å². The first-order chi connectivity index (χ1) is 7.22. The lowest BCUT2D eigenvalue weighted by molar-refractivity contribution is -0.261. The van der Waals surface area contributed by atoms with Crippen LogP contribution in [0.1, 0.15) is 41.5 Å². The Kier molecular flexibility index (Phi) is 2.40. The van der Waals surface area contributed by atoms with E-state index in [1.54, 1.807) is 0 Å². The van der Waals surface area contributed by atoms with E-state index in [1.165, 1.54) is 0 Å². The van der Waals surface area contributed by atoms with Crippen molar-refractivity contribution in [1.29, 1.82) is 0 Å². The van der Waals surface area contributed by atoms with Crippen molar-refractivity contribution in [3.63, 3.8) is 0 Å². The first-order valence-electron chi connectivity index (χ1n) is 6.09. The summed E-state index contributed by atoms with van der Waals surface area (Å²) in [6, 6.07) is 0. The van der Waals surface area contributed by atoms with Crippen LogP contribution in [0.4, 0.5) is 0 Å². The Hall–Kier alpha value is -0.570. The molecule has 1 heterocycles. The highest BCUT2D eigenvalue weighted by molar-refractivity contribution is 5.82. The van der Waals surface area contributed by atoms with Crippen molar-refractivity contribution in [3.8, 4) is 0 Å². The lowest BCUT2D eigenvalue weighted by Gasteiger charge is -2.40. The molecule has 0 N–H and O–H groups in total. The molecule has 3 nitrogen and oxygen atoms in total. The van der Waals surface area contributed by atoms with Crippen LogP contribution < -0.4 is 0 Å². The Bertz CT molecular complexity index is 308. The molecule has 1 aliphatic heterocycles. The number of esters is 1. The van der Waals surface area contributed by atoms with Crippen molar-refractivity contribution < 1.29 is 14.3 Å². The van der Waals surface area contributed by atoms with E-state index in [1.807, 2.05) is 27.7 Å². The number of carbonyl (C=O) groups excluding carboxylic acids is 1. The molecule has 0 amide bonds. The monoisotopic (exact) mass is 226 g/mol. The number of rotatable bonds is 0. The number of hydrogen-bond acceptors (Lipinski definition) is 3. The maximum absolute atomic E-state index is 12.2. The van der Waals surface area contributed by atoms with E-state index in [4.69, 9.17) is 9.47 Å². The van der Waals surface area contributed by atoms with Crippen LogP contribution in [0.25, 0.3) is 0 Å². The number of ether oxygens (including phenoxy) is 2. The maximum atomic E-state index is 12.2. The average Bonchev–Trinajstić information content (AvgIpc) is 2.66. The van der Waals surface area contributed by atoms with Crippen molar-refractivity contribution in [1.82, 2.24) is 0 Å². The molecule has 0 bridgehead atoms. The van der Waals surface area contributed by atoms with Gasteiger partial charge in [0, 0.05) is 5.41 Å². The molecule has 1 saturated heterocycles. The van der Waals surface area contributed by atoms with Crippen LogP contribution in [0.15, 0.2) is 0 Å². The van der Waals surface area contributed by atoms with E-state index in [-0.39, 0.29) is 22.9 Å². The van der Waals surface area contributed by atoms with E-state index in [9.17, 15) is 4.79 Å². The molecule has 0 aromatic heterocycles. The van der Waals surface area contributed by atoms with Gasteiger partial charge in [0.15, 0.2) is 0 Å². The van der Waals surface area contributed by atoms with Gasteiger partial charge in [-0.15, -0.1) is 0 Å². The fourth-order valence-electron chi connectivity index (χ4n) is 2.99. The smallest absolute Gasteiger partial charge is 0.317 e. The molecule has 2 aliphatic rings. The van der Waals surface area contributed by atoms with Gasteiger partial charge in [0.2, 0.25) is 6.29 Å². The van der Waals surface area contributed by atoms with Crippen molar-refractivity contribution >= 4 is 5.97 Å². The summed E-state index contributed by atoms with van der Waals surface area (Å²) in [5.74, 6) is 0.679. The van der Waals surface area contributed by atoms with Crippen LogP contribution in [0.5, 0.6) is 0 Å². The molecule has 1 saturated carbocycles. The van der Waals surface area contributed by atoms with Crippen LogP contribution in [0, 0.1) is 22.7 Å². The molecule has 2 unspecified atom stereocenters. The zero-order chi connectivity index (χ0) is 12.3. The van der Waals surface area contributed by atoms with Crippen molar-refractivity contribution in [2.24, 2.45) is 22.7 Å². The SMILES string of the molecule is CC1[C@@H](C)C12C(=O)O[C@H](C(C)(C)C)O[C@@H]2C. The second kappa shape index (κ2) is 3.22. The second-order valence-electron chi connectivity index (χ2n) is 6.39. The molecule has 1 spiro atoms. The van der Waals surface area contributed by atoms with E-state index in [0.29, 0.717) is 11.8 Å². The van der Waals surface area contributed by atoms with Crippen molar-refractivity contribution in [2.45, 2.75) is 53.9 Å². The summed E-state index contributed by atoms with van der Waals surface area (Å²) in [7, 11) is 0. The summed E-state index contributed by atoms with van der Waals surface area (Å²) in [4.78, 5) is 12.2. The van der Waals surface area contributed by atoms with E-state index in [0.717, 1.165) is 0 Å². The third kappa shape index (κ3) is 1.33. The van der Waals surface area contributed by atoms with Gasteiger partial charge in [-0.3, -0.25) is 4.79 Å². The molecule has 92 valence electrons. The fourth-order valence-corrected chi connectivity index (χ4v) is 2.99. The molecule has 2 rings (SSSR count). The first-order valence-corrected chi connectivity index (χ1v) is 6.09. The van der Waals surface area contributed by atoms with Crippen LogP contribution in [0.3, 0.4) is 0 Å². The van der Waals surface area contributed by atoms with Gasteiger partial charge in [-0.2, -0.15) is 0 Å². The summed E-state index contributed by atoms with van der Waals surface area (Å²) < 4.78 is 11.4. The number of cyclic esters (lactones) is 1. The van der Waals surface area contributed by atoms with Crippen LogP contribution in [0.2, 0.25) is 0 Å². The Morgan fingerprint density at radius 1 is 1.12 bits per heavy atom. The lowest BCUT2D eigenvalue weighted by Crippen LogP contribution is -2.49. The Balaban J connectivity index is 2.19. The van der Waals surface area contributed by atoms with Crippen LogP contribution >= 0.6 is 0 Å². The fraction of sp³-hybridized carbons (Fsp3) is 0.923. The molecule has 16 heavy (non-hydrogen) atoms. The lowest BCUT2D eigenvalue weighted by atomic mass is 9.90. The summed E-state index contributed by atoms with van der Waals surface area (Å²) in [6.45, 7) is 12.3. The largest absolute Gasteiger partial charge is 0.435 e. The topological polar surface area (TPSA) is 35.5 Å². The molecular formula is C13H22O3. The minimum absolute atomic E-state index is 0.0389. The van der Waals surface area contributed by atoms with Gasteiger partial charge in [0.05, 0.1) is 11.5 Å². The summed E-state index contributed by atoms with van der Waals surface area (Å²) in [6.07, 6.45) is -0.455. The van der Waals surface area contributed by atoms with Crippen molar-refractivity contribution in [2.75, 3.05) is 0 Å². The quantitative estimate of drug-likeness (QED) is 0.596. The molecule has 2 fully saturated rings. The minimum atomic E-state index is -0.416. The van der Waals surface area contributed by atoms with E-state index >= 15 is 0 Å². The van der Waals surface area contributed by atoms with Gasteiger partial charge in [-0.05, 0) is 18.8 Å². The molecular weight excluding hydrogens is 204 g/mol. The average molecular weight is 226 g/mol. The molecule has 0 aromatic carbocycles. The molecule has 0 radical (unpaired) electrons. The van der Waals surface area contributed by atoms with Gasteiger partial charge in [-0.1, -0.05) is 34.6 Å². The highest BCUT2D eigenvalue weighted by Gasteiger charge is 2.71. The molecule has 1 aliphatic carbocycles. The van der Waals surface area contributed by atoms with Gasteiger partial charge in [0.25, 0.3) is 0 Å². The van der Waals surface area contributed by atoms with E-state index in [2.05, 4.69) is 13.8 Å². The third-order valence-corrected chi connectivity index (χ3v) is 4.42. The predicted molar refractivity (Wildman–Crippen MR) is 60.6 cm³/mol. The van der Waals surface area contributed by atoms with Gasteiger partial charge in [0.1, 0.15) is 0 Å². The number of carbonyl (C=O) groups is 1. The molecule has 0 aromatic rings. The first kappa shape index (κ1) is 11.9. The second-order valence-corrected chi connectivity index (χ2v) is 6.39. The summed E-state index contributed by atoms with van der Waals surface area (Å²) in [5.41, 5.74) is -0.533. The number of hydrogen-bond donors (Lipinski definition) is 0.